The predicted octanol–water partition coefficient (Wildman–Crippen LogP) is 2.47. The van der Waals surface area contributed by atoms with Gasteiger partial charge in [-0.05, 0) is 24.3 Å². The smallest absolute Gasteiger partial charge is 0.409 e. The van der Waals surface area contributed by atoms with Crippen molar-refractivity contribution in [1.29, 1.82) is 0 Å². The average molecular weight is 327 g/mol. The van der Waals surface area contributed by atoms with Gasteiger partial charge in [-0.25, -0.2) is 14.0 Å². The fourth-order valence-corrected chi connectivity index (χ4v) is 2.13. The molecule has 0 aliphatic carbocycles. The highest BCUT2D eigenvalue weighted by atomic mass is 19.1. The van der Waals surface area contributed by atoms with Crippen LogP contribution in [0.4, 0.5) is 24.1 Å². The highest BCUT2D eigenvalue weighted by molar-refractivity contribution is 5.89. The SMILES string of the molecule is O=C(Nc1ccc(F)cc1)N1CCN(C(=O)OCCCF)CC1. The summed E-state index contributed by atoms with van der Waals surface area (Å²) in [6, 6.07) is 5.18. The lowest BCUT2D eigenvalue weighted by molar-refractivity contribution is 0.0811. The molecular weight excluding hydrogens is 308 g/mol. The normalized spacial score (nSPS) is 14.5. The first-order valence-electron chi connectivity index (χ1n) is 7.39. The van der Waals surface area contributed by atoms with Crippen molar-refractivity contribution in [3.63, 3.8) is 0 Å². The minimum absolute atomic E-state index is 0.0562. The Hall–Kier alpha value is -2.38. The summed E-state index contributed by atoms with van der Waals surface area (Å²) >= 11 is 0. The van der Waals surface area contributed by atoms with Gasteiger partial charge in [-0.15, -0.1) is 0 Å². The van der Waals surface area contributed by atoms with E-state index in [9.17, 15) is 18.4 Å². The minimum atomic E-state index is -0.523. The Kier molecular flexibility index (Phi) is 6.13. The molecule has 1 saturated heterocycles. The largest absolute Gasteiger partial charge is 0.449 e. The van der Waals surface area contributed by atoms with Gasteiger partial charge in [0.15, 0.2) is 0 Å². The number of carbonyl (C=O) groups excluding carboxylic acids is 2. The number of carbonyl (C=O) groups is 2. The number of halogens is 2. The molecule has 0 aromatic heterocycles. The molecule has 1 N–H and O–H groups in total. The minimum Gasteiger partial charge on any atom is -0.449 e. The van der Waals surface area contributed by atoms with Crippen LogP contribution in [0.15, 0.2) is 24.3 Å². The molecule has 0 unspecified atom stereocenters. The number of anilines is 1. The topological polar surface area (TPSA) is 61.9 Å². The van der Waals surface area contributed by atoms with Gasteiger partial charge >= 0.3 is 12.1 Å². The third kappa shape index (κ3) is 5.08. The molecule has 1 aliphatic rings. The molecule has 1 aromatic rings. The lowest BCUT2D eigenvalue weighted by Gasteiger charge is -2.34. The van der Waals surface area contributed by atoms with Crippen LogP contribution in [0.5, 0.6) is 0 Å². The molecule has 126 valence electrons. The summed E-state index contributed by atoms with van der Waals surface area (Å²) in [7, 11) is 0. The third-order valence-corrected chi connectivity index (χ3v) is 3.42. The number of nitrogens with zero attached hydrogens (tertiary/aromatic N) is 2. The lowest BCUT2D eigenvalue weighted by Crippen LogP contribution is -2.51. The summed E-state index contributed by atoms with van der Waals surface area (Å²) in [6.07, 6.45) is -0.303. The van der Waals surface area contributed by atoms with Crippen LogP contribution in [0.1, 0.15) is 6.42 Å². The molecule has 0 bridgehead atoms. The zero-order chi connectivity index (χ0) is 16.7. The number of hydrogen-bond donors (Lipinski definition) is 1. The number of benzene rings is 1. The van der Waals surface area contributed by atoms with Crippen LogP contribution in [0.3, 0.4) is 0 Å². The van der Waals surface area contributed by atoms with E-state index in [2.05, 4.69) is 5.32 Å². The Balaban J connectivity index is 1.76. The van der Waals surface area contributed by atoms with Crippen LogP contribution in [0.25, 0.3) is 0 Å². The number of amides is 3. The molecule has 2 rings (SSSR count). The summed E-state index contributed by atoms with van der Waals surface area (Å²) in [6.45, 7) is 0.971. The number of urea groups is 1. The maximum absolute atomic E-state index is 12.8. The molecule has 0 spiro atoms. The van der Waals surface area contributed by atoms with E-state index in [4.69, 9.17) is 4.74 Å². The molecule has 1 fully saturated rings. The number of nitrogens with one attached hydrogen (secondary N) is 1. The second kappa shape index (κ2) is 8.30. The molecule has 23 heavy (non-hydrogen) atoms. The van der Waals surface area contributed by atoms with Crippen LogP contribution >= 0.6 is 0 Å². The first kappa shape index (κ1) is 17.0. The van der Waals surface area contributed by atoms with E-state index < -0.39 is 12.8 Å². The Morgan fingerprint density at radius 2 is 1.70 bits per heavy atom. The molecule has 1 aromatic carbocycles. The third-order valence-electron chi connectivity index (χ3n) is 3.42. The van der Waals surface area contributed by atoms with Crippen LogP contribution in [0, 0.1) is 5.82 Å². The number of rotatable bonds is 4. The van der Waals surface area contributed by atoms with E-state index in [-0.39, 0.29) is 24.9 Å². The molecule has 0 radical (unpaired) electrons. The Morgan fingerprint density at radius 3 is 2.30 bits per heavy atom. The lowest BCUT2D eigenvalue weighted by atomic mass is 10.3. The van der Waals surface area contributed by atoms with Gasteiger partial charge in [-0.2, -0.15) is 0 Å². The van der Waals surface area contributed by atoms with Gasteiger partial charge in [0, 0.05) is 38.3 Å². The summed E-state index contributed by atoms with van der Waals surface area (Å²) in [5.74, 6) is -0.372. The van der Waals surface area contributed by atoms with Crippen LogP contribution in [-0.4, -0.2) is 61.4 Å². The average Bonchev–Trinajstić information content (AvgIpc) is 2.57. The zero-order valence-electron chi connectivity index (χ0n) is 12.6. The first-order valence-corrected chi connectivity index (χ1v) is 7.39. The summed E-state index contributed by atoms with van der Waals surface area (Å²) in [5.41, 5.74) is 0.504. The van der Waals surface area contributed by atoms with Crippen LogP contribution in [0.2, 0.25) is 0 Å². The van der Waals surface area contributed by atoms with Crippen molar-refractivity contribution in [3.8, 4) is 0 Å². The molecule has 1 heterocycles. The quantitative estimate of drug-likeness (QED) is 0.864. The number of alkyl halides is 1. The van der Waals surface area contributed by atoms with E-state index in [0.717, 1.165) is 0 Å². The van der Waals surface area contributed by atoms with Crippen molar-refractivity contribution in [2.45, 2.75) is 6.42 Å². The second-order valence-electron chi connectivity index (χ2n) is 5.07. The van der Waals surface area contributed by atoms with E-state index in [1.165, 1.54) is 29.2 Å². The van der Waals surface area contributed by atoms with Gasteiger partial charge in [0.25, 0.3) is 0 Å². The maximum Gasteiger partial charge on any atom is 0.409 e. The molecule has 8 heteroatoms. The number of ether oxygens (including phenoxy) is 1. The molecule has 3 amide bonds. The highest BCUT2D eigenvalue weighted by Crippen LogP contribution is 2.11. The van der Waals surface area contributed by atoms with E-state index in [1.807, 2.05) is 0 Å². The molecule has 0 atom stereocenters. The summed E-state index contributed by atoms with van der Waals surface area (Å²) < 4.78 is 29.7. The number of piperazine rings is 1. The Bertz CT molecular complexity index is 531. The van der Waals surface area contributed by atoms with E-state index >= 15 is 0 Å². The highest BCUT2D eigenvalue weighted by Gasteiger charge is 2.24. The second-order valence-corrected chi connectivity index (χ2v) is 5.07. The fourth-order valence-electron chi connectivity index (χ4n) is 2.13. The van der Waals surface area contributed by atoms with Crippen LogP contribution < -0.4 is 5.32 Å². The first-order chi connectivity index (χ1) is 11.1. The van der Waals surface area contributed by atoms with Gasteiger partial charge in [0.2, 0.25) is 0 Å². The van der Waals surface area contributed by atoms with Crippen molar-refractivity contribution in [2.75, 3.05) is 44.8 Å². The van der Waals surface area contributed by atoms with Crippen LogP contribution in [-0.2, 0) is 4.74 Å². The summed E-state index contributed by atoms with van der Waals surface area (Å²) in [5, 5.41) is 2.67. The van der Waals surface area contributed by atoms with Gasteiger partial charge < -0.3 is 19.9 Å². The Labute approximate surface area is 133 Å². The molecular formula is C15H19F2N3O3. The monoisotopic (exact) mass is 327 g/mol. The van der Waals surface area contributed by atoms with E-state index in [1.54, 1.807) is 4.90 Å². The van der Waals surface area contributed by atoms with Crippen molar-refractivity contribution < 1.29 is 23.1 Å². The summed E-state index contributed by atoms with van der Waals surface area (Å²) in [4.78, 5) is 26.8. The van der Waals surface area contributed by atoms with Crippen molar-refractivity contribution >= 4 is 17.8 Å². The zero-order valence-corrected chi connectivity index (χ0v) is 12.6. The molecule has 6 nitrogen and oxygen atoms in total. The van der Waals surface area contributed by atoms with Gasteiger partial charge in [0.1, 0.15) is 5.82 Å². The standard InChI is InChI=1S/C15H19F2N3O3/c16-6-1-11-23-15(22)20-9-7-19(8-10-20)14(21)18-13-4-2-12(17)3-5-13/h2-5H,1,6-11H2,(H,18,21). The van der Waals surface area contributed by atoms with Gasteiger partial charge in [-0.1, -0.05) is 0 Å². The van der Waals surface area contributed by atoms with Gasteiger partial charge in [-0.3, -0.25) is 4.39 Å². The molecule has 0 saturated carbocycles. The predicted molar refractivity (Wildman–Crippen MR) is 80.5 cm³/mol. The van der Waals surface area contributed by atoms with Gasteiger partial charge in [0.05, 0.1) is 13.3 Å². The van der Waals surface area contributed by atoms with Crippen molar-refractivity contribution in [3.05, 3.63) is 30.1 Å². The maximum atomic E-state index is 12.8. The number of hydrogen-bond acceptors (Lipinski definition) is 3. The van der Waals surface area contributed by atoms with Crippen molar-refractivity contribution in [1.82, 2.24) is 9.80 Å². The molecule has 1 aliphatic heterocycles. The van der Waals surface area contributed by atoms with E-state index in [0.29, 0.717) is 31.9 Å². The Morgan fingerprint density at radius 1 is 1.09 bits per heavy atom. The fraction of sp³-hybridized carbons (Fsp3) is 0.467. The van der Waals surface area contributed by atoms with Crippen molar-refractivity contribution in [2.24, 2.45) is 0 Å².